The van der Waals surface area contributed by atoms with Gasteiger partial charge in [0.05, 0.1) is 0 Å². The van der Waals surface area contributed by atoms with Crippen molar-refractivity contribution in [3.8, 4) is 0 Å². The maximum absolute atomic E-state index is 3.71. The molecule has 2 atom stereocenters. The fourth-order valence-electron chi connectivity index (χ4n) is 2.70. The Morgan fingerprint density at radius 1 is 1.31 bits per heavy atom. The van der Waals surface area contributed by atoms with Crippen LogP contribution in [0.2, 0.25) is 0 Å². The molecule has 2 aliphatic rings. The second kappa shape index (κ2) is 6.27. The standard InChI is InChI=1S/C13H26N2S/c1-3-12-10-15(7-8-16-4-2)13(9-14-12)11-5-6-11/h11-14H,3-10H2,1-2H3. The third-order valence-electron chi connectivity index (χ3n) is 3.93. The first-order valence-electron chi connectivity index (χ1n) is 6.90. The SMILES string of the molecule is CCSCCN1CC(CC)NCC1C1CC1. The average Bonchev–Trinajstić information content (AvgIpc) is 3.13. The summed E-state index contributed by atoms with van der Waals surface area (Å²) in [5.74, 6) is 3.59. The minimum absolute atomic E-state index is 0.738. The Morgan fingerprint density at radius 3 is 2.75 bits per heavy atom. The number of hydrogen-bond donors (Lipinski definition) is 1. The third kappa shape index (κ3) is 3.38. The molecule has 2 unspecified atom stereocenters. The minimum Gasteiger partial charge on any atom is -0.311 e. The molecule has 0 amide bonds. The van der Waals surface area contributed by atoms with Gasteiger partial charge in [0.2, 0.25) is 0 Å². The van der Waals surface area contributed by atoms with Crippen LogP contribution in [-0.2, 0) is 0 Å². The van der Waals surface area contributed by atoms with E-state index in [0.29, 0.717) is 0 Å². The lowest BCUT2D eigenvalue weighted by Crippen LogP contribution is -2.57. The van der Waals surface area contributed by atoms with Gasteiger partial charge in [0.1, 0.15) is 0 Å². The Kier molecular flexibility index (Phi) is 4.98. The van der Waals surface area contributed by atoms with Crippen molar-refractivity contribution >= 4 is 11.8 Å². The molecule has 0 aromatic heterocycles. The Balaban J connectivity index is 1.81. The van der Waals surface area contributed by atoms with Crippen LogP contribution in [0.15, 0.2) is 0 Å². The molecule has 2 nitrogen and oxygen atoms in total. The zero-order valence-corrected chi connectivity index (χ0v) is 11.6. The van der Waals surface area contributed by atoms with Crippen LogP contribution in [0, 0.1) is 5.92 Å². The molecule has 1 aliphatic heterocycles. The van der Waals surface area contributed by atoms with Gasteiger partial charge in [-0.2, -0.15) is 11.8 Å². The predicted octanol–water partition coefficient (Wildman–Crippen LogP) is 2.20. The first-order valence-corrected chi connectivity index (χ1v) is 8.05. The van der Waals surface area contributed by atoms with Gasteiger partial charge in [0, 0.05) is 37.5 Å². The normalized spacial score (nSPS) is 31.9. The molecule has 0 bridgehead atoms. The van der Waals surface area contributed by atoms with Crippen molar-refractivity contribution in [3.63, 3.8) is 0 Å². The molecule has 16 heavy (non-hydrogen) atoms. The molecule has 1 saturated carbocycles. The summed E-state index contributed by atoms with van der Waals surface area (Å²) in [5, 5.41) is 3.71. The summed E-state index contributed by atoms with van der Waals surface area (Å²) < 4.78 is 0. The molecule has 1 heterocycles. The Labute approximate surface area is 105 Å². The lowest BCUT2D eigenvalue weighted by molar-refractivity contribution is 0.121. The van der Waals surface area contributed by atoms with Crippen LogP contribution < -0.4 is 5.32 Å². The molecule has 0 radical (unpaired) electrons. The largest absolute Gasteiger partial charge is 0.311 e. The van der Waals surface area contributed by atoms with E-state index < -0.39 is 0 Å². The summed E-state index contributed by atoms with van der Waals surface area (Å²) in [4.78, 5) is 2.77. The number of rotatable bonds is 6. The van der Waals surface area contributed by atoms with E-state index in [9.17, 15) is 0 Å². The summed E-state index contributed by atoms with van der Waals surface area (Å²) >= 11 is 2.08. The van der Waals surface area contributed by atoms with Crippen molar-refractivity contribution in [3.05, 3.63) is 0 Å². The van der Waals surface area contributed by atoms with Gasteiger partial charge >= 0.3 is 0 Å². The van der Waals surface area contributed by atoms with E-state index in [2.05, 4.69) is 35.8 Å². The highest BCUT2D eigenvalue weighted by Crippen LogP contribution is 2.36. The average molecular weight is 242 g/mol. The van der Waals surface area contributed by atoms with Crippen LogP contribution in [0.3, 0.4) is 0 Å². The second-order valence-corrected chi connectivity index (χ2v) is 6.50. The Morgan fingerprint density at radius 2 is 2.12 bits per heavy atom. The van der Waals surface area contributed by atoms with Crippen LogP contribution in [0.25, 0.3) is 0 Å². The zero-order chi connectivity index (χ0) is 11.4. The summed E-state index contributed by atoms with van der Waals surface area (Å²) in [7, 11) is 0. The first kappa shape index (κ1) is 12.7. The van der Waals surface area contributed by atoms with Crippen LogP contribution >= 0.6 is 11.8 Å². The fourth-order valence-corrected chi connectivity index (χ4v) is 3.35. The Hall–Kier alpha value is 0.270. The smallest absolute Gasteiger partial charge is 0.0249 e. The van der Waals surface area contributed by atoms with E-state index in [1.165, 1.54) is 50.4 Å². The van der Waals surface area contributed by atoms with E-state index in [1.54, 1.807) is 0 Å². The van der Waals surface area contributed by atoms with Crippen LogP contribution in [0.1, 0.15) is 33.1 Å². The molecule has 2 fully saturated rings. The molecule has 2 rings (SSSR count). The number of nitrogens with one attached hydrogen (secondary N) is 1. The highest BCUT2D eigenvalue weighted by Gasteiger charge is 2.37. The predicted molar refractivity (Wildman–Crippen MR) is 73.2 cm³/mol. The van der Waals surface area contributed by atoms with Crippen molar-refractivity contribution in [1.29, 1.82) is 0 Å². The van der Waals surface area contributed by atoms with Gasteiger partial charge in [0.15, 0.2) is 0 Å². The molecule has 0 aromatic rings. The lowest BCUT2D eigenvalue weighted by atomic mass is 10.0. The second-order valence-electron chi connectivity index (χ2n) is 5.11. The molecule has 0 spiro atoms. The Bertz CT molecular complexity index is 206. The fraction of sp³-hybridized carbons (Fsp3) is 1.00. The molecular weight excluding hydrogens is 216 g/mol. The van der Waals surface area contributed by atoms with Gasteiger partial charge in [-0.3, -0.25) is 4.90 Å². The summed E-state index contributed by atoms with van der Waals surface area (Å²) in [6.07, 6.45) is 4.22. The topological polar surface area (TPSA) is 15.3 Å². The number of nitrogens with zero attached hydrogens (tertiary/aromatic N) is 1. The van der Waals surface area contributed by atoms with E-state index in [-0.39, 0.29) is 0 Å². The molecule has 1 N–H and O–H groups in total. The number of thioether (sulfide) groups is 1. The molecule has 1 saturated heterocycles. The zero-order valence-electron chi connectivity index (χ0n) is 10.7. The quantitative estimate of drug-likeness (QED) is 0.719. The van der Waals surface area contributed by atoms with Crippen LogP contribution in [0.4, 0.5) is 0 Å². The molecule has 0 aromatic carbocycles. The summed E-state index contributed by atoms with van der Waals surface area (Å²) in [5.41, 5.74) is 0. The van der Waals surface area contributed by atoms with Crippen LogP contribution in [-0.4, -0.2) is 48.1 Å². The lowest BCUT2D eigenvalue weighted by Gasteiger charge is -2.40. The third-order valence-corrected chi connectivity index (χ3v) is 4.80. The van der Waals surface area contributed by atoms with Crippen molar-refractivity contribution in [2.45, 2.75) is 45.2 Å². The van der Waals surface area contributed by atoms with Gasteiger partial charge in [0.25, 0.3) is 0 Å². The summed E-state index contributed by atoms with van der Waals surface area (Å²) in [6, 6.07) is 1.59. The van der Waals surface area contributed by atoms with E-state index in [1.807, 2.05) is 0 Å². The molecule has 1 aliphatic carbocycles. The molecule has 3 heteroatoms. The van der Waals surface area contributed by atoms with E-state index in [0.717, 1.165) is 18.0 Å². The van der Waals surface area contributed by atoms with Gasteiger partial charge in [-0.1, -0.05) is 13.8 Å². The highest BCUT2D eigenvalue weighted by atomic mass is 32.2. The minimum atomic E-state index is 0.738. The van der Waals surface area contributed by atoms with E-state index >= 15 is 0 Å². The maximum atomic E-state index is 3.71. The maximum Gasteiger partial charge on any atom is 0.0249 e. The monoisotopic (exact) mass is 242 g/mol. The van der Waals surface area contributed by atoms with Gasteiger partial charge in [-0.05, 0) is 30.9 Å². The van der Waals surface area contributed by atoms with Crippen LogP contribution in [0.5, 0.6) is 0 Å². The van der Waals surface area contributed by atoms with Gasteiger partial charge < -0.3 is 5.32 Å². The van der Waals surface area contributed by atoms with E-state index in [4.69, 9.17) is 0 Å². The van der Waals surface area contributed by atoms with Crippen molar-refractivity contribution in [2.75, 3.05) is 31.1 Å². The van der Waals surface area contributed by atoms with Gasteiger partial charge in [-0.15, -0.1) is 0 Å². The van der Waals surface area contributed by atoms with Crippen molar-refractivity contribution in [1.82, 2.24) is 10.2 Å². The number of hydrogen-bond acceptors (Lipinski definition) is 3. The number of piperazine rings is 1. The van der Waals surface area contributed by atoms with Crippen molar-refractivity contribution in [2.24, 2.45) is 5.92 Å². The van der Waals surface area contributed by atoms with Crippen molar-refractivity contribution < 1.29 is 0 Å². The highest BCUT2D eigenvalue weighted by molar-refractivity contribution is 7.99. The molecular formula is C13H26N2S. The first-order chi connectivity index (χ1) is 7.85. The molecule has 94 valence electrons. The summed E-state index contributed by atoms with van der Waals surface area (Å²) in [6.45, 7) is 8.38. The van der Waals surface area contributed by atoms with Gasteiger partial charge in [-0.25, -0.2) is 0 Å².